The number of hydrogen-bond donors (Lipinski definition) is 1. The summed E-state index contributed by atoms with van der Waals surface area (Å²) in [7, 11) is -1.35. The van der Waals surface area contributed by atoms with Gasteiger partial charge in [-0.25, -0.2) is 13.2 Å². The van der Waals surface area contributed by atoms with Crippen molar-refractivity contribution in [2.24, 2.45) is 0 Å². The van der Waals surface area contributed by atoms with Gasteiger partial charge >= 0.3 is 38.0 Å². The molecule has 15 aromatic rings. The first-order valence-corrected chi connectivity index (χ1v) is 45.6. The van der Waals surface area contributed by atoms with E-state index in [0.717, 1.165) is 74.3 Å². The van der Waals surface area contributed by atoms with Crippen molar-refractivity contribution in [2.75, 3.05) is 26.9 Å². The molecule has 0 bridgehead atoms. The molecule has 700 valence electrons. The van der Waals surface area contributed by atoms with Crippen LogP contribution in [0.15, 0.2) is 462 Å². The molecule has 35 heteroatoms. The minimum atomic E-state index is -4.78. The Bertz CT molecular complexity index is 5870. The number of aromatic hydroxyl groups is 1. The van der Waals surface area contributed by atoms with Crippen LogP contribution in [0.1, 0.15) is 0 Å². The van der Waals surface area contributed by atoms with E-state index in [0.29, 0.717) is 18.1 Å². The Labute approximate surface area is 775 Å². The molecule has 0 saturated carbocycles. The smallest absolute Gasteiger partial charge is 0.508 e. The quantitative estimate of drug-likeness (QED) is 0.0323. The summed E-state index contributed by atoms with van der Waals surface area (Å²) in [5.41, 5.74) is 0. The van der Waals surface area contributed by atoms with E-state index in [2.05, 4.69) is 23.7 Å². The van der Waals surface area contributed by atoms with Gasteiger partial charge in [-0.2, -0.15) is 13.2 Å². The molecule has 0 amide bonds. The lowest BCUT2D eigenvalue weighted by atomic mass is 10.3. The van der Waals surface area contributed by atoms with E-state index in [1.165, 1.54) is 133 Å². The number of halogens is 21. The molecule has 0 spiro atoms. The first kappa shape index (κ1) is 102. The van der Waals surface area contributed by atoms with Gasteiger partial charge < -0.3 is 43.0 Å². The Morgan fingerprint density at radius 3 is 0.541 bits per heavy atom. The molecule has 15 aromatic carbocycles. The number of methoxy groups -OCH3 is 1. The van der Waals surface area contributed by atoms with Gasteiger partial charge in [0, 0.05) is 7.11 Å². The number of hydrogen-bond acceptors (Lipinski definition) is 9. The maximum absolute atomic E-state index is 13.2. The average molecular weight is 1980 g/mol. The minimum Gasteiger partial charge on any atom is -0.508 e. The molecule has 0 radical (unpaired) electrons. The van der Waals surface area contributed by atoms with Crippen LogP contribution >= 0.6 is 0 Å². The molecule has 15 rings (SSSR count). The number of phenols is 1. The van der Waals surface area contributed by atoms with Gasteiger partial charge in [0.05, 0.1) is 61.1 Å². The topological polar surface area (TPSA) is 94.1 Å². The van der Waals surface area contributed by atoms with E-state index in [4.69, 9.17) is 14.2 Å². The van der Waals surface area contributed by atoms with Gasteiger partial charge in [0.1, 0.15) is 70.1 Å². The highest BCUT2D eigenvalue weighted by Gasteiger charge is 2.40. The fourth-order valence-electron chi connectivity index (χ4n) is 12.2. The molecule has 0 aliphatic rings. The normalized spacial score (nSPS) is 12.5. The average Bonchev–Trinajstić information content (AvgIpc) is 0.827. The fraction of sp³-hybridized carbons (Fsp3) is 0.100. The SMILES string of the molecule is COCCOc1ccc([S+](c2ccccc2)c2ccc(OC(F)(F)F)cc2)cc1.FC(F)(F)COc1ccc([S+](c2ccccc2)c2ccc(OC(F)(F)F)cc2)cc1.Fc1ccc([S+](c2ccc(F)cc2)c2ccc(OC(F)(F)F)cc2)cc1.Fc1ccc([S+](c2ccccc2)c2ccc(OC(F)(F)F)cc2)cc1.Oc1ccc([S+](c2ccccc2)c2ccc(OC(F)(F)F)cc2)cc1. The van der Waals surface area contributed by atoms with E-state index < -0.39 is 111 Å². The zero-order chi connectivity index (χ0) is 96.9. The molecule has 0 fully saturated rings. The number of ether oxygens (including phenoxy) is 8. The Kier molecular flexibility index (Phi) is 36.2. The molecule has 0 aliphatic carbocycles. The summed E-state index contributed by atoms with van der Waals surface area (Å²) < 4.78 is 297. The third-order valence-corrected chi connectivity index (χ3v) is 28.8. The van der Waals surface area contributed by atoms with Gasteiger partial charge in [0.15, 0.2) is 80.0 Å². The van der Waals surface area contributed by atoms with Crippen molar-refractivity contribution >= 4 is 54.5 Å². The minimum absolute atomic E-state index is 0.0709. The van der Waals surface area contributed by atoms with E-state index in [-0.39, 0.29) is 46.1 Å². The molecule has 0 heterocycles. The summed E-state index contributed by atoms with van der Waals surface area (Å²) in [6.45, 7) is -0.430. The zero-order valence-corrected chi connectivity index (χ0v) is 73.8. The Morgan fingerprint density at radius 1 is 0.200 bits per heavy atom. The fourth-order valence-corrected chi connectivity index (χ4v) is 22.5. The lowest BCUT2D eigenvalue weighted by Crippen LogP contribution is -2.19. The van der Waals surface area contributed by atoms with Crippen LogP contribution in [0, 0.1) is 17.5 Å². The predicted molar refractivity (Wildman–Crippen MR) is 471 cm³/mol. The summed E-state index contributed by atoms with van der Waals surface area (Å²) in [5, 5.41) is 9.50. The second kappa shape index (κ2) is 47.7. The highest BCUT2D eigenvalue weighted by molar-refractivity contribution is 7.98. The molecule has 0 saturated heterocycles. The van der Waals surface area contributed by atoms with Gasteiger partial charge in [-0.15, -0.1) is 65.9 Å². The van der Waals surface area contributed by atoms with Gasteiger partial charge in [0.2, 0.25) is 0 Å². The molecule has 0 aliphatic heterocycles. The maximum Gasteiger partial charge on any atom is 0.573 e. The standard InChI is InChI=1S/C22H20F3O3S.C21H15F6O2S.C19H12F5OS.C19H13F4OS.C19H13F3O2S/c1-26-15-16-27-17-7-11-20(12-8-17)29(19-5-3-2-4-6-19)21-13-9-18(10-14-21)28-22(23,24)25;22-20(23,24)14-28-15-6-10-18(11-7-15)30(17-4-2-1-3-5-17)19-12-8-16(9-13-19)29-21(25,26)27;20-13-1-7-16(8-2-13)26(17-9-3-14(21)4-10-17)18-11-5-15(6-12-18)25-19(22,23)24;20-14-6-10-17(11-7-14)25(16-4-2-1-3-5-16)18-12-8-15(9-13-18)24-19(21,22)23;20-19(21,22)24-15-8-12-18(13-9-15)25(16-4-2-1-3-5-16)17-10-6-14(23)7-11-17/h2-14H,15-16H2,1H3;1-13H,14H2;1-12H;2*1-13H/q4*+1;/p+1. The first-order chi connectivity index (χ1) is 64.2. The Balaban J connectivity index is 0.000000163. The lowest BCUT2D eigenvalue weighted by molar-refractivity contribution is -0.275. The van der Waals surface area contributed by atoms with Crippen LogP contribution < -0.4 is 33.2 Å². The van der Waals surface area contributed by atoms with Crippen molar-refractivity contribution in [1.82, 2.24) is 0 Å². The summed E-state index contributed by atoms with van der Waals surface area (Å²) in [6.07, 6.45) is -28.1. The third kappa shape index (κ3) is 33.8. The van der Waals surface area contributed by atoms with Gasteiger partial charge in [0.25, 0.3) is 0 Å². The number of rotatable bonds is 26. The second-order valence-electron chi connectivity index (χ2n) is 27.4. The summed E-state index contributed by atoms with van der Waals surface area (Å²) in [5.74, 6) is -1.59. The van der Waals surface area contributed by atoms with E-state index in [1.807, 2.05) is 158 Å². The van der Waals surface area contributed by atoms with Crippen molar-refractivity contribution in [3.05, 3.63) is 406 Å². The van der Waals surface area contributed by atoms with Gasteiger partial charge in [-0.1, -0.05) is 72.8 Å². The number of benzene rings is 15. The molecular formula is C100H74F21O9S5+5. The van der Waals surface area contributed by atoms with Gasteiger partial charge in [-0.3, -0.25) is 0 Å². The van der Waals surface area contributed by atoms with Crippen molar-refractivity contribution in [3.63, 3.8) is 0 Å². The van der Waals surface area contributed by atoms with Crippen LogP contribution in [-0.2, 0) is 59.2 Å². The second-order valence-corrected chi connectivity index (χ2v) is 37.6. The zero-order valence-electron chi connectivity index (χ0n) is 69.8. The van der Waals surface area contributed by atoms with Crippen LogP contribution in [0.4, 0.5) is 92.2 Å². The van der Waals surface area contributed by atoms with Crippen LogP contribution in [0.5, 0.6) is 46.0 Å². The van der Waals surface area contributed by atoms with E-state index in [1.54, 1.807) is 104 Å². The lowest BCUT2D eigenvalue weighted by Gasteiger charge is -2.12. The first-order valence-electron chi connectivity index (χ1n) is 39.5. The van der Waals surface area contributed by atoms with Crippen molar-refractivity contribution in [1.29, 1.82) is 0 Å². The summed E-state index contributed by atoms with van der Waals surface area (Å²) >= 11 is 0. The number of alkyl halides is 18. The van der Waals surface area contributed by atoms with Crippen LogP contribution in [-0.4, -0.2) is 70.0 Å². The van der Waals surface area contributed by atoms with Crippen LogP contribution in [0.25, 0.3) is 0 Å². The largest absolute Gasteiger partial charge is 0.573 e. The third-order valence-electron chi connectivity index (χ3n) is 17.7. The van der Waals surface area contributed by atoms with Crippen molar-refractivity contribution < 1.29 is 135 Å². The van der Waals surface area contributed by atoms with Crippen LogP contribution in [0.2, 0.25) is 0 Å². The molecule has 9 nitrogen and oxygen atoms in total. The van der Waals surface area contributed by atoms with E-state index in [9.17, 15) is 97.3 Å². The Morgan fingerprint density at radius 2 is 0.363 bits per heavy atom. The van der Waals surface area contributed by atoms with Crippen molar-refractivity contribution in [2.45, 2.75) is 111 Å². The highest BCUT2D eigenvalue weighted by Crippen LogP contribution is 2.41. The molecule has 4 unspecified atom stereocenters. The maximum atomic E-state index is 13.2. The molecule has 1 N–H and O–H groups in total. The highest BCUT2D eigenvalue weighted by atomic mass is 32.2. The molecule has 0 aromatic heterocycles. The summed E-state index contributed by atoms with van der Waals surface area (Å²) in [4.78, 5) is 13.1. The predicted octanol–water partition coefficient (Wildman–Crippen LogP) is 29.5. The number of phenolic OH excluding ortho intramolecular Hbond substituents is 1. The van der Waals surface area contributed by atoms with Crippen molar-refractivity contribution in [3.8, 4) is 46.0 Å². The molecule has 4 atom stereocenters. The molecular weight excluding hydrogens is 1900 g/mol. The van der Waals surface area contributed by atoms with Gasteiger partial charge in [-0.05, 0) is 315 Å². The van der Waals surface area contributed by atoms with E-state index >= 15 is 0 Å². The van der Waals surface area contributed by atoms with Crippen LogP contribution in [0.3, 0.4) is 0 Å². The molecule has 135 heavy (non-hydrogen) atoms. The summed E-state index contributed by atoms with van der Waals surface area (Å²) in [6, 6.07) is 105. The monoisotopic (exact) mass is 1980 g/mol. The Hall–Kier alpha value is -13.1.